The molecule has 2 rings (SSSR count). The second kappa shape index (κ2) is 9.33. The average molecular weight is 364 g/mol. The standard InChI is InChI=1S/C16H24FSi.ClH.Zn/c1-2-3-4-10-18-11-8-14(9-12-18)15-6-5-7-16(17)13-15;;/h5-6,13-14,18H,2-4,8-12H2,1H3;1H;/q;;+1/p-1/t14-,18-;;. The molecule has 1 fully saturated rings. The maximum atomic E-state index is 13.7. The van der Waals surface area contributed by atoms with E-state index in [0.29, 0.717) is 5.92 Å². The van der Waals surface area contributed by atoms with E-state index in [4.69, 9.17) is 0 Å². The van der Waals surface area contributed by atoms with Crippen molar-refractivity contribution in [3.8, 4) is 0 Å². The summed E-state index contributed by atoms with van der Waals surface area (Å²) in [7, 11) is -0.430. The largest absolute Gasteiger partial charge is 1.00 e. The summed E-state index contributed by atoms with van der Waals surface area (Å²) in [5, 5.41) is 0. The summed E-state index contributed by atoms with van der Waals surface area (Å²) in [5.74, 6) is 0.671. The van der Waals surface area contributed by atoms with Gasteiger partial charge in [-0.2, -0.15) is 0 Å². The van der Waals surface area contributed by atoms with Gasteiger partial charge in [-0.1, -0.05) is 6.92 Å². The van der Waals surface area contributed by atoms with Crippen molar-refractivity contribution >= 4 is 13.0 Å². The Hall–Kier alpha value is 0.280. The van der Waals surface area contributed by atoms with Crippen LogP contribution in [0, 0.1) is 5.82 Å². The van der Waals surface area contributed by atoms with Crippen molar-refractivity contribution in [3.63, 3.8) is 0 Å². The van der Waals surface area contributed by atoms with Gasteiger partial charge in [-0.05, 0) is 0 Å². The van der Waals surface area contributed by atoms with Crippen LogP contribution in [0.1, 0.15) is 50.5 Å². The summed E-state index contributed by atoms with van der Waals surface area (Å²) >= 11 is 0.920. The average Bonchev–Trinajstić information content (AvgIpc) is 2.43. The van der Waals surface area contributed by atoms with Gasteiger partial charge in [0.05, 0.1) is 0 Å². The van der Waals surface area contributed by atoms with Crippen LogP contribution >= 0.6 is 0 Å². The van der Waals surface area contributed by atoms with Crippen LogP contribution < -0.4 is 16.6 Å². The molecular formula is C16H24ClFSiZn. The van der Waals surface area contributed by atoms with Gasteiger partial charge < -0.3 is 12.4 Å². The summed E-state index contributed by atoms with van der Waals surface area (Å²) < 4.78 is 14.6. The minimum absolute atomic E-state index is 0. The minimum atomic E-state index is -0.430. The first-order valence-electron chi connectivity index (χ1n) is 7.82. The van der Waals surface area contributed by atoms with Crippen LogP contribution in [-0.4, -0.2) is 8.80 Å². The minimum Gasteiger partial charge on any atom is -1.00 e. The van der Waals surface area contributed by atoms with Crippen molar-refractivity contribution < 1.29 is 35.1 Å². The van der Waals surface area contributed by atoms with E-state index in [-0.39, 0.29) is 18.2 Å². The third-order valence-electron chi connectivity index (χ3n) is 4.61. The Morgan fingerprint density at radius 3 is 2.55 bits per heavy atom. The van der Waals surface area contributed by atoms with Crippen LogP contribution in [-0.2, 0) is 18.3 Å². The van der Waals surface area contributed by atoms with Gasteiger partial charge in [0.2, 0.25) is 0 Å². The molecule has 0 aliphatic carbocycles. The van der Waals surface area contributed by atoms with Crippen LogP contribution in [0.15, 0.2) is 18.2 Å². The monoisotopic (exact) mass is 362 g/mol. The fourth-order valence-electron chi connectivity index (χ4n) is 3.28. The molecule has 0 aromatic heterocycles. The second-order valence-corrected chi connectivity index (χ2v) is 11.1. The molecule has 0 atom stereocenters. The van der Waals surface area contributed by atoms with Gasteiger partial charge in [-0.3, -0.25) is 0 Å². The Morgan fingerprint density at radius 1 is 1.25 bits per heavy atom. The Bertz CT molecular complexity index is 405. The van der Waals surface area contributed by atoms with Crippen LogP contribution in [0.4, 0.5) is 4.39 Å². The first kappa shape index (κ1) is 18.3. The second-order valence-electron chi connectivity index (χ2n) is 6.06. The fraction of sp³-hybridized carbons (Fsp3) is 0.625. The molecule has 0 nitrogen and oxygen atoms in total. The number of hydrogen-bond donors (Lipinski definition) is 0. The van der Waals surface area contributed by atoms with E-state index in [1.165, 1.54) is 49.8 Å². The molecule has 1 aliphatic heterocycles. The molecule has 0 N–H and O–H groups in total. The van der Waals surface area contributed by atoms with Crippen molar-refractivity contribution in [3.05, 3.63) is 29.6 Å². The molecule has 1 aromatic rings. The number of benzene rings is 1. The van der Waals surface area contributed by atoms with Crippen molar-refractivity contribution in [1.82, 2.24) is 0 Å². The Labute approximate surface area is 140 Å². The fourth-order valence-corrected chi connectivity index (χ4v) is 7.23. The number of rotatable bonds is 5. The van der Waals surface area contributed by atoms with Crippen LogP contribution in [0.2, 0.25) is 18.1 Å². The van der Waals surface area contributed by atoms with Gasteiger partial charge in [0.1, 0.15) is 0 Å². The van der Waals surface area contributed by atoms with Crippen molar-refractivity contribution in [2.75, 3.05) is 0 Å². The number of halogens is 2. The molecular weight excluding hydrogens is 340 g/mol. The zero-order valence-corrected chi connectivity index (χ0v) is 17.4. The summed E-state index contributed by atoms with van der Waals surface area (Å²) in [6.45, 7) is 2.28. The predicted octanol–water partition coefficient (Wildman–Crippen LogP) is 1.30. The molecule has 1 saturated heterocycles. The summed E-state index contributed by atoms with van der Waals surface area (Å²) in [5.41, 5.74) is 1.26. The number of unbranched alkanes of at least 4 members (excludes halogenated alkanes) is 2. The maximum Gasteiger partial charge on any atom is -1.00 e. The molecule has 0 saturated carbocycles. The molecule has 0 spiro atoms. The molecule has 1 heterocycles. The van der Waals surface area contributed by atoms with E-state index in [2.05, 4.69) is 13.0 Å². The van der Waals surface area contributed by atoms with Crippen molar-refractivity contribution in [2.24, 2.45) is 0 Å². The third kappa shape index (κ3) is 5.24. The van der Waals surface area contributed by atoms with E-state index in [1.807, 2.05) is 12.1 Å². The Morgan fingerprint density at radius 2 is 1.95 bits per heavy atom. The van der Waals surface area contributed by atoms with Gasteiger partial charge in [-0.25, -0.2) is 0 Å². The van der Waals surface area contributed by atoms with E-state index in [1.54, 1.807) is 6.04 Å². The molecule has 20 heavy (non-hydrogen) atoms. The molecule has 0 unspecified atom stereocenters. The smallest absolute Gasteiger partial charge is 1.00 e. The van der Waals surface area contributed by atoms with Gasteiger partial charge in [0.25, 0.3) is 0 Å². The zero-order chi connectivity index (χ0) is 13.7. The molecule has 0 amide bonds. The molecule has 1 aliphatic rings. The quantitative estimate of drug-likeness (QED) is 0.546. The van der Waals surface area contributed by atoms with E-state index >= 15 is 0 Å². The van der Waals surface area contributed by atoms with Crippen molar-refractivity contribution in [2.45, 2.75) is 63.1 Å². The van der Waals surface area contributed by atoms with Crippen LogP contribution in [0.3, 0.4) is 0 Å². The first-order valence-corrected chi connectivity index (χ1v) is 11.8. The van der Waals surface area contributed by atoms with Gasteiger partial charge in [-0.15, -0.1) is 0 Å². The van der Waals surface area contributed by atoms with E-state index < -0.39 is 8.80 Å². The van der Waals surface area contributed by atoms with E-state index in [9.17, 15) is 4.39 Å². The predicted molar refractivity (Wildman–Crippen MR) is 79.1 cm³/mol. The normalized spacial score (nSPS) is 22.4. The van der Waals surface area contributed by atoms with Gasteiger partial charge in [0.15, 0.2) is 0 Å². The van der Waals surface area contributed by atoms with Gasteiger partial charge in [0, 0.05) is 0 Å². The van der Waals surface area contributed by atoms with Gasteiger partial charge >= 0.3 is 121 Å². The first-order chi connectivity index (χ1) is 9.20. The topological polar surface area (TPSA) is 0 Å². The zero-order valence-electron chi connectivity index (χ0n) is 12.5. The Kier molecular flexibility index (Phi) is 8.55. The van der Waals surface area contributed by atoms with Crippen molar-refractivity contribution in [1.29, 1.82) is 0 Å². The third-order valence-corrected chi connectivity index (χ3v) is 9.34. The van der Waals surface area contributed by atoms with Crippen LogP contribution in [0.5, 0.6) is 0 Å². The number of hydrogen-bond acceptors (Lipinski definition) is 0. The maximum absolute atomic E-state index is 13.7. The molecule has 1 aromatic carbocycles. The summed E-state index contributed by atoms with van der Waals surface area (Å²) in [6.07, 6.45) is 6.86. The van der Waals surface area contributed by atoms with E-state index in [0.717, 1.165) is 22.5 Å². The SMILES string of the molecule is CCCCC[Si@H]1CC[C@H](c2cc[c]([Zn+])c(F)c2)CC1.[Cl-]. The van der Waals surface area contributed by atoms with Crippen LogP contribution in [0.25, 0.3) is 0 Å². The molecule has 0 bridgehead atoms. The summed E-state index contributed by atoms with van der Waals surface area (Å²) in [6, 6.07) is 10.5. The Balaban J connectivity index is 0.00000200. The molecule has 0 radical (unpaired) electrons. The summed E-state index contributed by atoms with van der Waals surface area (Å²) in [4.78, 5) is 0. The molecule has 4 heteroatoms. The molecule has 108 valence electrons.